The summed E-state index contributed by atoms with van der Waals surface area (Å²) in [7, 11) is 0. The van der Waals surface area contributed by atoms with Gasteiger partial charge in [0, 0.05) is 6.07 Å². The summed E-state index contributed by atoms with van der Waals surface area (Å²) >= 11 is 0. The summed E-state index contributed by atoms with van der Waals surface area (Å²) in [5.41, 5.74) is 6.02. The molecule has 0 atom stereocenters. The van der Waals surface area contributed by atoms with Crippen molar-refractivity contribution in [3.8, 4) is 5.82 Å². The summed E-state index contributed by atoms with van der Waals surface area (Å²) in [4.78, 5) is 8.46. The minimum absolute atomic E-state index is 0.139. The molecule has 0 aliphatic carbocycles. The van der Waals surface area contributed by atoms with E-state index in [4.69, 9.17) is 5.73 Å². The lowest BCUT2D eigenvalue weighted by Gasteiger charge is -2.10. The summed E-state index contributed by atoms with van der Waals surface area (Å²) in [5.74, 6) is 0.642. The molecule has 0 spiro atoms. The van der Waals surface area contributed by atoms with Gasteiger partial charge in [0.15, 0.2) is 5.82 Å². The van der Waals surface area contributed by atoms with E-state index < -0.39 is 11.7 Å². The highest BCUT2D eigenvalue weighted by Crippen LogP contribution is 2.31. The molecule has 0 unspecified atom stereocenters. The molecular formula is C13H10F3N5. The molecule has 2 N–H and O–H groups in total. The van der Waals surface area contributed by atoms with Gasteiger partial charge in [-0.1, -0.05) is 0 Å². The molecule has 1 aromatic carbocycles. The zero-order chi connectivity index (χ0) is 15.2. The minimum atomic E-state index is -4.42. The second-order valence-corrected chi connectivity index (χ2v) is 4.50. The minimum Gasteiger partial charge on any atom is -0.384 e. The van der Waals surface area contributed by atoms with Crippen molar-refractivity contribution in [1.82, 2.24) is 19.7 Å². The topological polar surface area (TPSA) is 69.6 Å². The molecule has 0 amide bonds. The monoisotopic (exact) mass is 293 g/mol. The number of hydrogen-bond donors (Lipinski definition) is 1. The van der Waals surface area contributed by atoms with Crippen LogP contribution in [-0.2, 0) is 6.18 Å². The van der Waals surface area contributed by atoms with E-state index in [2.05, 4.69) is 15.1 Å². The van der Waals surface area contributed by atoms with Crippen LogP contribution in [0.2, 0.25) is 0 Å². The van der Waals surface area contributed by atoms with Gasteiger partial charge in [0.25, 0.3) is 0 Å². The molecule has 8 heteroatoms. The van der Waals surface area contributed by atoms with E-state index in [1.165, 1.54) is 16.9 Å². The highest BCUT2D eigenvalue weighted by Gasteiger charge is 2.30. The lowest BCUT2D eigenvalue weighted by Crippen LogP contribution is -2.09. The Hall–Kier alpha value is -2.64. The number of aryl methyl sites for hydroxylation is 1. The van der Waals surface area contributed by atoms with Crippen LogP contribution >= 0.6 is 0 Å². The summed E-state index contributed by atoms with van der Waals surface area (Å²) in [6, 6.07) is 4.81. The van der Waals surface area contributed by atoms with Gasteiger partial charge in [-0.2, -0.15) is 23.0 Å². The largest absolute Gasteiger partial charge is 0.416 e. The van der Waals surface area contributed by atoms with E-state index in [0.29, 0.717) is 22.8 Å². The molecule has 108 valence electrons. The van der Waals surface area contributed by atoms with Gasteiger partial charge in [-0.15, -0.1) is 0 Å². The molecule has 0 aliphatic heterocycles. The van der Waals surface area contributed by atoms with Crippen LogP contribution in [0.3, 0.4) is 0 Å². The third-order valence-electron chi connectivity index (χ3n) is 3.01. The number of anilines is 1. The smallest absolute Gasteiger partial charge is 0.384 e. The number of alkyl halides is 3. The van der Waals surface area contributed by atoms with Crippen LogP contribution in [0.4, 0.5) is 19.0 Å². The maximum atomic E-state index is 12.7. The van der Waals surface area contributed by atoms with Crippen LogP contribution in [0.15, 0.2) is 30.5 Å². The van der Waals surface area contributed by atoms with Gasteiger partial charge in [0.05, 0.1) is 28.5 Å². The highest BCUT2D eigenvalue weighted by molar-refractivity contribution is 5.76. The van der Waals surface area contributed by atoms with Gasteiger partial charge in [0.1, 0.15) is 5.82 Å². The second kappa shape index (κ2) is 4.44. The first-order chi connectivity index (χ1) is 9.86. The Morgan fingerprint density at radius 2 is 1.86 bits per heavy atom. The molecule has 2 aromatic heterocycles. The van der Waals surface area contributed by atoms with E-state index in [1.54, 1.807) is 13.0 Å². The summed E-state index contributed by atoms with van der Waals surface area (Å²) < 4.78 is 39.6. The fraction of sp³-hybridized carbons (Fsp3) is 0.154. The molecule has 0 saturated carbocycles. The number of nitrogen functional groups attached to an aromatic ring is 1. The molecule has 0 aliphatic rings. The lowest BCUT2D eigenvalue weighted by atomic mass is 10.2. The van der Waals surface area contributed by atoms with Crippen LogP contribution in [0.1, 0.15) is 11.3 Å². The first-order valence-corrected chi connectivity index (χ1v) is 6.02. The Balaban J connectivity index is 2.24. The zero-order valence-corrected chi connectivity index (χ0v) is 10.9. The van der Waals surface area contributed by atoms with Gasteiger partial charge in [0.2, 0.25) is 0 Å². The fourth-order valence-corrected chi connectivity index (χ4v) is 2.00. The molecule has 3 aromatic rings. The molecule has 0 bridgehead atoms. The van der Waals surface area contributed by atoms with Crippen molar-refractivity contribution < 1.29 is 13.2 Å². The number of halogens is 3. The number of nitrogens with zero attached hydrogens (tertiary/aromatic N) is 4. The summed E-state index contributed by atoms with van der Waals surface area (Å²) in [6.07, 6.45) is -2.95. The number of rotatable bonds is 1. The van der Waals surface area contributed by atoms with E-state index >= 15 is 0 Å². The van der Waals surface area contributed by atoms with Crippen LogP contribution in [0.5, 0.6) is 0 Å². The van der Waals surface area contributed by atoms with E-state index in [-0.39, 0.29) is 5.52 Å². The van der Waals surface area contributed by atoms with Gasteiger partial charge in [-0.25, -0.2) is 9.97 Å². The number of fused-ring (bicyclic) bond motifs is 1. The average molecular weight is 293 g/mol. The number of aromatic nitrogens is 4. The van der Waals surface area contributed by atoms with E-state index in [9.17, 15) is 13.2 Å². The van der Waals surface area contributed by atoms with E-state index in [0.717, 1.165) is 12.1 Å². The van der Waals surface area contributed by atoms with Crippen molar-refractivity contribution in [1.29, 1.82) is 0 Å². The Morgan fingerprint density at radius 1 is 1.10 bits per heavy atom. The van der Waals surface area contributed by atoms with Crippen molar-refractivity contribution >= 4 is 16.9 Å². The van der Waals surface area contributed by atoms with E-state index in [1.807, 2.05) is 0 Å². The summed E-state index contributed by atoms with van der Waals surface area (Å²) in [6.45, 7) is 1.70. The molecule has 0 fully saturated rings. The van der Waals surface area contributed by atoms with Gasteiger partial charge < -0.3 is 5.73 Å². The Morgan fingerprint density at radius 3 is 2.48 bits per heavy atom. The fourth-order valence-electron chi connectivity index (χ4n) is 2.00. The SMILES string of the molecule is Cc1nc2ccc(C(F)(F)F)cc2nc1-n1nccc1N. The van der Waals surface area contributed by atoms with Crippen LogP contribution in [0.25, 0.3) is 16.9 Å². The average Bonchev–Trinajstić information content (AvgIpc) is 2.82. The quantitative estimate of drug-likeness (QED) is 0.749. The van der Waals surface area contributed by atoms with Gasteiger partial charge in [-0.3, -0.25) is 0 Å². The normalized spacial score (nSPS) is 12.0. The van der Waals surface area contributed by atoms with Crippen molar-refractivity contribution in [2.24, 2.45) is 0 Å². The molecule has 0 radical (unpaired) electrons. The Bertz CT molecular complexity index is 822. The lowest BCUT2D eigenvalue weighted by molar-refractivity contribution is -0.137. The van der Waals surface area contributed by atoms with Crippen molar-refractivity contribution in [2.75, 3.05) is 5.73 Å². The van der Waals surface area contributed by atoms with Crippen molar-refractivity contribution in [2.45, 2.75) is 13.1 Å². The molecule has 3 rings (SSSR count). The first-order valence-electron chi connectivity index (χ1n) is 6.02. The van der Waals surface area contributed by atoms with Crippen molar-refractivity contribution in [3.63, 3.8) is 0 Å². The molecular weight excluding hydrogens is 283 g/mol. The van der Waals surface area contributed by atoms with Crippen LogP contribution in [0, 0.1) is 6.92 Å². The standard InChI is InChI=1S/C13H10F3N5/c1-7-12(21-11(17)4-5-18-21)20-10-6-8(13(14,15)16)2-3-9(10)19-7/h2-6H,17H2,1H3. The summed E-state index contributed by atoms with van der Waals surface area (Å²) in [5, 5.41) is 3.99. The van der Waals surface area contributed by atoms with Crippen LogP contribution < -0.4 is 5.73 Å². The second-order valence-electron chi connectivity index (χ2n) is 4.50. The molecule has 0 saturated heterocycles. The predicted molar refractivity (Wildman–Crippen MR) is 70.8 cm³/mol. The third-order valence-corrected chi connectivity index (χ3v) is 3.01. The van der Waals surface area contributed by atoms with Gasteiger partial charge in [-0.05, 0) is 25.1 Å². The highest BCUT2D eigenvalue weighted by atomic mass is 19.4. The van der Waals surface area contributed by atoms with Crippen LogP contribution in [-0.4, -0.2) is 19.7 Å². The number of benzene rings is 1. The number of nitrogens with two attached hydrogens (primary N) is 1. The maximum Gasteiger partial charge on any atom is 0.416 e. The van der Waals surface area contributed by atoms with Gasteiger partial charge >= 0.3 is 6.18 Å². The zero-order valence-electron chi connectivity index (χ0n) is 10.9. The molecule has 5 nitrogen and oxygen atoms in total. The molecule has 2 heterocycles. The first kappa shape index (κ1) is 13.3. The maximum absolute atomic E-state index is 12.7. The van der Waals surface area contributed by atoms with Crippen molar-refractivity contribution in [3.05, 3.63) is 41.7 Å². The predicted octanol–water partition coefficient (Wildman–Crippen LogP) is 2.72. The third kappa shape index (κ3) is 2.28. The number of hydrogen-bond acceptors (Lipinski definition) is 4. The Kier molecular flexibility index (Phi) is 2.82. The Labute approximate surface area is 117 Å². The molecule has 21 heavy (non-hydrogen) atoms.